The zero-order valence-electron chi connectivity index (χ0n) is 6.27. The molecule has 0 saturated heterocycles. The molecule has 0 fully saturated rings. The van der Waals surface area contributed by atoms with Gasteiger partial charge in [-0.15, -0.1) is 0 Å². The SMILES string of the molecule is CC1=CCC(=C=O)C=C1C. The van der Waals surface area contributed by atoms with Crippen molar-refractivity contribution < 1.29 is 4.79 Å². The largest absolute Gasteiger partial charge is 0.233 e. The van der Waals surface area contributed by atoms with Crippen LogP contribution in [0.1, 0.15) is 20.3 Å². The first kappa shape index (κ1) is 7.04. The van der Waals surface area contributed by atoms with Crippen LogP contribution in [0.3, 0.4) is 0 Å². The summed E-state index contributed by atoms with van der Waals surface area (Å²) in [4.78, 5) is 10.2. The zero-order valence-corrected chi connectivity index (χ0v) is 6.27. The maximum Gasteiger partial charge on any atom is 0.128 e. The molecule has 1 heteroatoms. The molecule has 0 saturated carbocycles. The number of hydrogen-bond acceptors (Lipinski definition) is 1. The summed E-state index contributed by atoms with van der Waals surface area (Å²) in [5.41, 5.74) is 3.19. The molecular formula is C9H10O. The van der Waals surface area contributed by atoms with Gasteiger partial charge in [-0.25, -0.2) is 4.79 Å². The second kappa shape index (κ2) is 2.68. The first-order valence-corrected chi connectivity index (χ1v) is 3.33. The van der Waals surface area contributed by atoms with E-state index in [2.05, 4.69) is 6.08 Å². The van der Waals surface area contributed by atoms with Gasteiger partial charge in [-0.05, 0) is 25.5 Å². The second-order valence-electron chi connectivity index (χ2n) is 2.55. The summed E-state index contributed by atoms with van der Waals surface area (Å²) in [6.07, 6.45) is 4.69. The molecule has 0 heterocycles. The topological polar surface area (TPSA) is 17.1 Å². The molecule has 0 aliphatic heterocycles. The van der Waals surface area contributed by atoms with Gasteiger partial charge in [0.15, 0.2) is 0 Å². The van der Waals surface area contributed by atoms with E-state index < -0.39 is 0 Å². The van der Waals surface area contributed by atoms with Crippen molar-refractivity contribution in [3.8, 4) is 0 Å². The minimum absolute atomic E-state index is 0.743. The third-order valence-corrected chi connectivity index (χ3v) is 1.77. The monoisotopic (exact) mass is 134 g/mol. The Labute approximate surface area is 60.7 Å². The standard InChI is InChI=1S/C9H10O/c1-7-3-4-9(6-10)5-8(7)2/h3,5H,4H2,1-2H3. The summed E-state index contributed by atoms with van der Waals surface area (Å²) >= 11 is 0. The fourth-order valence-corrected chi connectivity index (χ4v) is 0.929. The van der Waals surface area contributed by atoms with Gasteiger partial charge in [-0.2, -0.15) is 0 Å². The Balaban J connectivity index is 2.97. The molecule has 0 unspecified atom stereocenters. The average Bonchev–Trinajstić information content (AvgIpc) is 1.95. The van der Waals surface area contributed by atoms with Crippen LogP contribution in [0.5, 0.6) is 0 Å². The summed E-state index contributed by atoms with van der Waals surface area (Å²) in [7, 11) is 0. The van der Waals surface area contributed by atoms with Crippen LogP contribution < -0.4 is 0 Å². The molecule has 0 aromatic carbocycles. The highest BCUT2D eigenvalue weighted by Gasteiger charge is 2.02. The molecule has 0 atom stereocenters. The lowest BCUT2D eigenvalue weighted by Gasteiger charge is -2.06. The van der Waals surface area contributed by atoms with Gasteiger partial charge in [0.05, 0.1) is 0 Å². The molecule has 10 heavy (non-hydrogen) atoms. The summed E-state index contributed by atoms with van der Waals surface area (Å²) in [5, 5.41) is 0. The van der Waals surface area contributed by atoms with E-state index in [0.717, 1.165) is 12.0 Å². The van der Waals surface area contributed by atoms with Crippen molar-refractivity contribution in [3.63, 3.8) is 0 Å². The number of rotatable bonds is 0. The van der Waals surface area contributed by atoms with Gasteiger partial charge >= 0.3 is 0 Å². The number of carbonyl (C=O) groups excluding carboxylic acids is 1. The van der Waals surface area contributed by atoms with Crippen LogP contribution in [0.4, 0.5) is 0 Å². The predicted octanol–water partition coefficient (Wildman–Crippen LogP) is 2.04. The molecule has 0 aromatic heterocycles. The molecule has 0 radical (unpaired) electrons. The minimum Gasteiger partial charge on any atom is -0.233 e. The van der Waals surface area contributed by atoms with E-state index in [0.29, 0.717) is 0 Å². The highest BCUT2D eigenvalue weighted by molar-refractivity contribution is 5.61. The molecule has 0 amide bonds. The zero-order chi connectivity index (χ0) is 7.56. The van der Waals surface area contributed by atoms with Gasteiger partial charge in [0.2, 0.25) is 0 Å². The Morgan fingerprint density at radius 2 is 2.10 bits per heavy atom. The summed E-state index contributed by atoms with van der Waals surface area (Å²) < 4.78 is 0. The first-order chi connectivity index (χ1) is 4.74. The normalized spacial score (nSPS) is 17.6. The van der Waals surface area contributed by atoms with Gasteiger partial charge in [0.1, 0.15) is 5.94 Å². The molecule has 52 valence electrons. The Kier molecular flexibility index (Phi) is 1.88. The maximum absolute atomic E-state index is 10.2. The third-order valence-electron chi connectivity index (χ3n) is 1.77. The highest BCUT2D eigenvalue weighted by atomic mass is 16.1. The Hall–Kier alpha value is -1.07. The maximum atomic E-state index is 10.2. The molecule has 0 bridgehead atoms. The number of hydrogen-bond donors (Lipinski definition) is 0. The quantitative estimate of drug-likeness (QED) is 0.463. The molecule has 0 aromatic rings. The molecule has 1 rings (SSSR count). The van der Waals surface area contributed by atoms with Crippen molar-refractivity contribution in [1.29, 1.82) is 0 Å². The van der Waals surface area contributed by atoms with Crippen LogP contribution in [0.2, 0.25) is 0 Å². The van der Waals surface area contributed by atoms with Crippen LogP contribution in [-0.2, 0) is 4.79 Å². The van der Waals surface area contributed by atoms with E-state index in [9.17, 15) is 4.79 Å². The molecule has 1 aliphatic rings. The van der Waals surface area contributed by atoms with Crippen LogP contribution in [0.25, 0.3) is 0 Å². The van der Waals surface area contributed by atoms with E-state index in [1.165, 1.54) is 11.1 Å². The van der Waals surface area contributed by atoms with E-state index in [-0.39, 0.29) is 0 Å². The van der Waals surface area contributed by atoms with E-state index >= 15 is 0 Å². The average molecular weight is 134 g/mol. The van der Waals surface area contributed by atoms with Crippen molar-refractivity contribution in [2.45, 2.75) is 20.3 Å². The van der Waals surface area contributed by atoms with Crippen molar-refractivity contribution >= 4 is 5.94 Å². The van der Waals surface area contributed by atoms with Gasteiger partial charge in [0, 0.05) is 12.0 Å². The fourth-order valence-electron chi connectivity index (χ4n) is 0.929. The van der Waals surface area contributed by atoms with E-state index in [1.807, 2.05) is 25.9 Å². The van der Waals surface area contributed by atoms with Crippen LogP contribution in [-0.4, -0.2) is 5.94 Å². The molecule has 0 N–H and O–H groups in total. The Bertz CT molecular complexity index is 250. The van der Waals surface area contributed by atoms with Crippen LogP contribution >= 0.6 is 0 Å². The van der Waals surface area contributed by atoms with E-state index in [4.69, 9.17) is 0 Å². The lowest BCUT2D eigenvalue weighted by atomic mass is 9.98. The number of allylic oxidation sites excluding steroid dienone is 5. The van der Waals surface area contributed by atoms with Crippen molar-refractivity contribution in [1.82, 2.24) is 0 Å². The molecular weight excluding hydrogens is 124 g/mol. The van der Waals surface area contributed by atoms with E-state index in [1.54, 1.807) is 0 Å². The smallest absolute Gasteiger partial charge is 0.128 e. The van der Waals surface area contributed by atoms with Crippen LogP contribution in [0, 0.1) is 0 Å². The minimum atomic E-state index is 0.743. The third kappa shape index (κ3) is 1.26. The fraction of sp³-hybridized carbons (Fsp3) is 0.333. The van der Waals surface area contributed by atoms with Gasteiger partial charge in [-0.3, -0.25) is 0 Å². The lowest BCUT2D eigenvalue weighted by Crippen LogP contribution is -1.90. The highest BCUT2D eigenvalue weighted by Crippen LogP contribution is 2.19. The molecule has 0 spiro atoms. The molecule has 1 nitrogen and oxygen atoms in total. The predicted molar refractivity (Wildman–Crippen MR) is 41.3 cm³/mol. The van der Waals surface area contributed by atoms with Crippen LogP contribution in [0.15, 0.2) is 28.9 Å². The van der Waals surface area contributed by atoms with Gasteiger partial charge < -0.3 is 0 Å². The lowest BCUT2D eigenvalue weighted by molar-refractivity contribution is 0.567. The Morgan fingerprint density at radius 1 is 1.40 bits per heavy atom. The molecule has 1 aliphatic carbocycles. The first-order valence-electron chi connectivity index (χ1n) is 3.33. The summed E-state index contributed by atoms with van der Waals surface area (Å²) in [5.74, 6) is 1.90. The van der Waals surface area contributed by atoms with Gasteiger partial charge in [0.25, 0.3) is 0 Å². The second-order valence-corrected chi connectivity index (χ2v) is 2.55. The van der Waals surface area contributed by atoms with Gasteiger partial charge in [-0.1, -0.05) is 11.6 Å². The van der Waals surface area contributed by atoms with Crippen molar-refractivity contribution in [3.05, 3.63) is 28.9 Å². The van der Waals surface area contributed by atoms with Crippen molar-refractivity contribution in [2.24, 2.45) is 0 Å². The summed E-state index contributed by atoms with van der Waals surface area (Å²) in [6.45, 7) is 4.05. The Morgan fingerprint density at radius 3 is 2.60 bits per heavy atom. The summed E-state index contributed by atoms with van der Waals surface area (Å²) in [6, 6.07) is 0. The van der Waals surface area contributed by atoms with Crippen molar-refractivity contribution in [2.75, 3.05) is 0 Å².